The molecule has 0 saturated carbocycles. The molecule has 2 aromatic rings. The van der Waals surface area contributed by atoms with Gasteiger partial charge in [0.05, 0.1) is 24.8 Å². The second kappa shape index (κ2) is 7.94. The number of ketones is 1. The molecule has 27 heavy (non-hydrogen) atoms. The van der Waals surface area contributed by atoms with Crippen molar-refractivity contribution in [2.24, 2.45) is 0 Å². The van der Waals surface area contributed by atoms with Crippen LogP contribution >= 0.6 is 24.0 Å². The van der Waals surface area contributed by atoms with Crippen molar-refractivity contribution >= 4 is 51.8 Å². The first kappa shape index (κ1) is 19.1. The molecule has 7 heteroatoms. The van der Waals surface area contributed by atoms with Gasteiger partial charge in [-0.15, -0.1) is 0 Å². The van der Waals surface area contributed by atoms with E-state index in [4.69, 9.17) is 21.7 Å². The van der Waals surface area contributed by atoms with Gasteiger partial charge in [-0.05, 0) is 42.8 Å². The summed E-state index contributed by atoms with van der Waals surface area (Å²) in [6, 6.07) is 12.3. The van der Waals surface area contributed by atoms with Crippen LogP contribution in [0.2, 0.25) is 0 Å². The molecule has 1 fully saturated rings. The van der Waals surface area contributed by atoms with E-state index in [9.17, 15) is 9.59 Å². The highest BCUT2D eigenvalue weighted by Crippen LogP contribution is 2.37. The molecule has 0 unspecified atom stereocenters. The summed E-state index contributed by atoms with van der Waals surface area (Å²) >= 11 is 6.61. The third kappa shape index (κ3) is 3.89. The predicted octanol–water partition coefficient (Wildman–Crippen LogP) is 4.31. The zero-order valence-electron chi connectivity index (χ0n) is 15.0. The van der Waals surface area contributed by atoms with Crippen LogP contribution < -0.4 is 14.4 Å². The molecule has 0 bridgehead atoms. The van der Waals surface area contributed by atoms with Gasteiger partial charge in [-0.1, -0.05) is 42.2 Å². The zero-order chi connectivity index (χ0) is 19.6. The number of nitrogens with zero attached hydrogens (tertiary/aromatic N) is 1. The fraction of sp³-hybridized carbons (Fsp3) is 0.150. The number of thiocarbonyl (C=S) groups is 1. The zero-order valence-corrected chi connectivity index (χ0v) is 16.6. The van der Waals surface area contributed by atoms with Gasteiger partial charge in [-0.3, -0.25) is 14.5 Å². The Labute approximate surface area is 167 Å². The molecule has 1 aliphatic heterocycles. The maximum atomic E-state index is 12.9. The first-order valence-corrected chi connectivity index (χ1v) is 9.28. The molecule has 1 saturated heterocycles. The highest BCUT2D eigenvalue weighted by Gasteiger charge is 2.33. The number of anilines is 1. The van der Waals surface area contributed by atoms with Crippen molar-refractivity contribution < 1.29 is 19.1 Å². The number of ether oxygens (including phenoxy) is 2. The summed E-state index contributed by atoms with van der Waals surface area (Å²) in [6.07, 6.45) is 1.76. The van der Waals surface area contributed by atoms with Crippen molar-refractivity contribution in [1.29, 1.82) is 0 Å². The maximum Gasteiger partial charge on any atom is 0.270 e. The van der Waals surface area contributed by atoms with Gasteiger partial charge in [0.25, 0.3) is 5.91 Å². The Morgan fingerprint density at radius 3 is 2.52 bits per heavy atom. The van der Waals surface area contributed by atoms with Crippen LogP contribution in [-0.4, -0.2) is 30.2 Å². The number of thioether (sulfide) groups is 1. The highest BCUT2D eigenvalue weighted by atomic mass is 32.2. The third-order valence-corrected chi connectivity index (χ3v) is 5.31. The minimum atomic E-state index is -0.222. The molecule has 5 nitrogen and oxygen atoms in total. The first-order chi connectivity index (χ1) is 12.9. The molecule has 0 radical (unpaired) electrons. The monoisotopic (exact) mass is 399 g/mol. The van der Waals surface area contributed by atoms with E-state index in [2.05, 4.69) is 0 Å². The van der Waals surface area contributed by atoms with Gasteiger partial charge in [0.15, 0.2) is 21.6 Å². The molecule has 0 spiro atoms. The van der Waals surface area contributed by atoms with Crippen LogP contribution in [0, 0.1) is 0 Å². The smallest absolute Gasteiger partial charge is 0.270 e. The summed E-state index contributed by atoms with van der Waals surface area (Å²) in [5, 5.41) is 0. The second-order valence-electron chi connectivity index (χ2n) is 5.74. The van der Waals surface area contributed by atoms with Crippen LogP contribution in [0.15, 0.2) is 47.4 Å². The van der Waals surface area contributed by atoms with Gasteiger partial charge < -0.3 is 9.47 Å². The predicted molar refractivity (Wildman–Crippen MR) is 112 cm³/mol. The summed E-state index contributed by atoms with van der Waals surface area (Å²) in [7, 11) is 3.13. The van der Waals surface area contributed by atoms with Crippen molar-refractivity contribution in [3.05, 3.63) is 58.5 Å². The number of Topliss-reactive ketones (excluding diaryl/α,β-unsaturated/α-hetero) is 1. The SMILES string of the molecule is COc1ccc(C=C2SC(=S)N(c3cccc(C(C)=O)c3)C2=O)cc1OC. The molecule has 1 aliphatic rings. The minimum Gasteiger partial charge on any atom is -0.493 e. The summed E-state index contributed by atoms with van der Waals surface area (Å²) in [5.41, 5.74) is 1.91. The lowest BCUT2D eigenvalue weighted by molar-refractivity contribution is -0.113. The van der Waals surface area contributed by atoms with E-state index in [0.29, 0.717) is 32.0 Å². The van der Waals surface area contributed by atoms with Crippen molar-refractivity contribution in [1.82, 2.24) is 0 Å². The Morgan fingerprint density at radius 2 is 1.85 bits per heavy atom. The molecule has 0 N–H and O–H groups in total. The lowest BCUT2D eigenvalue weighted by Crippen LogP contribution is -2.27. The average molecular weight is 399 g/mol. The van der Waals surface area contributed by atoms with E-state index in [1.807, 2.05) is 6.07 Å². The van der Waals surface area contributed by atoms with Crippen LogP contribution in [0.3, 0.4) is 0 Å². The Kier molecular flexibility index (Phi) is 5.62. The lowest BCUT2D eigenvalue weighted by atomic mass is 10.1. The molecule has 1 amide bonds. The molecular formula is C20H17NO4S2. The van der Waals surface area contributed by atoms with Gasteiger partial charge in [0.1, 0.15) is 0 Å². The Morgan fingerprint density at radius 1 is 1.11 bits per heavy atom. The fourth-order valence-electron chi connectivity index (χ4n) is 2.65. The number of methoxy groups -OCH3 is 2. The van der Waals surface area contributed by atoms with Gasteiger partial charge >= 0.3 is 0 Å². The molecule has 1 heterocycles. The molecule has 2 aromatic carbocycles. The molecule has 0 atom stereocenters. The second-order valence-corrected chi connectivity index (χ2v) is 7.41. The largest absolute Gasteiger partial charge is 0.493 e. The van der Waals surface area contributed by atoms with Gasteiger partial charge in [0.2, 0.25) is 0 Å². The van der Waals surface area contributed by atoms with Gasteiger partial charge in [-0.25, -0.2) is 0 Å². The topological polar surface area (TPSA) is 55.8 Å². The Balaban J connectivity index is 1.93. The van der Waals surface area contributed by atoms with Gasteiger partial charge in [0, 0.05) is 5.56 Å². The average Bonchev–Trinajstić information content (AvgIpc) is 2.94. The summed E-state index contributed by atoms with van der Waals surface area (Å²) < 4.78 is 11.0. The van der Waals surface area contributed by atoms with Crippen molar-refractivity contribution in [3.63, 3.8) is 0 Å². The first-order valence-electron chi connectivity index (χ1n) is 8.05. The normalized spacial score (nSPS) is 15.4. The van der Waals surface area contributed by atoms with Crippen LogP contribution in [0.4, 0.5) is 5.69 Å². The number of hydrogen-bond acceptors (Lipinski definition) is 6. The van der Waals surface area contributed by atoms with Crippen molar-refractivity contribution in [3.8, 4) is 11.5 Å². The Hall–Kier alpha value is -2.64. The van der Waals surface area contributed by atoms with E-state index < -0.39 is 0 Å². The highest BCUT2D eigenvalue weighted by molar-refractivity contribution is 8.27. The number of rotatable bonds is 5. The molecular weight excluding hydrogens is 382 g/mol. The summed E-state index contributed by atoms with van der Waals surface area (Å²) in [6.45, 7) is 1.49. The molecule has 0 aliphatic carbocycles. The number of carbonyl (C=O) groups excluding carboxylic acids is 2. The quantitative estimate of drug-likeness (QED) is 0.424. The summed E-state index contributed by atoms with van der Waals surface area (Å²) in [4.78, 5) is 26.5. The molecule has 3 rings (SSSR count). The van der Waals surface area contributed by atoms with E-state index in [1.54, 1.807) is 56.7 Å². The Bertz CT molecular complexity index is 968. The standard InChI is InChI=1S/C20H17NO4S2/c1-12(22)14-5-4-6-15(11-14)21-19(23)18(27-20(21)26)10-13-7-8-16(24-2)17(9-13)25-3/h4-11H,1-3H3. The van der Waals surface area contributed by atoms with Crippen LogP contribution in [0.5, 0.6) is 11.5 Å². The van der Waals surface area contributed by atoms with Gasteiger partial charge in [-0.2, -0.15) is 0 Å². The number of amides is 1. The lowest BCUT2D eigenvalue weighted by Gasteiger charge is -2.15. The van der Waals surface area contributed by atoms with E-state index >= 15 is 0 Å². The number of hydrogen-bond donors (Lipinski definition) is 0. The molecule has 138 valence electrons. The fourth-order valence-corrected chi connectivity index (χ4v) is 3.95. The van der Waals surface area contributed by atoms with Crippen LogP contribution in [0.1, 0.15) is 22.8 Å². The van der Waals surface area contributed by atoms with Crippen LogP contribution in [-0.2, 0) is 4.79 Å². The number of benzene rings is 2. The molecule has 0 aromatic heterocycles. The van der Waals surface area contributed by atoms with E-state index in [0.717, 1.165) is 5.56 Å². The third-order valence-electron chi connectivity index (χ3n) is 4.01. The van der Waals surface area contributed by atoms with Crippen molar-refractivity contribution in [2.75, 3.05) is 19.1 Å². The van der Waals surface area contributed by atoms with E-state index in [-0.39, 0.29) is 11.7 Å². The van der Waals surface area contributed by atoms with Crippen molar-refractivity contribution in [2.45, 2.75) is 6.92 Å². The summed E-state index contributed by atoms with van der Waals surface area (Å²) in [5.74, 6) is 0.905. The van der Waals surface area contributed by atoms with Crippen LogP contribution in [0.25, 0.3) is 6.08 Å². The maximum absolute atomic E-state index is 12.9. The minimum absolute atomic E-state index is 0.0665. The number of carbonyl (C=O) groups is 2. The van der Waals surface area contributed by atoms with E-state index in [1.165, 1.54) is 23.6 Å².